The van der Waals surface area contributed by atoms with Crippen molar-refractivity contribution in [3.63, 3.8) is 0 Å². The lowest BCUT2D eigenvalue weighted by Crippen LogP contribution is -2.51. The van der Waals surface area contributed by atoms with E-state index in [9.17, 15) is 4.79 Å². The minimum atomic E-state index is -0.432. The first-order valence-electron chi connectivity index (χ1n) is 6.18. The number of nitrogens with one attached hydrogen (secondary N) is 1. The van der Waals surface area contributed by atoms with Crippen molar-refractivity contribution in [2.75, 3.05) is 26.2 Å². The van der Waals surface area contributed by atoms with Crippen LogP contribution in [-0.2, 0) is 10.2 Å². The summed E-state index contributed by atoms with van der Waals surface area (Å²) in [5.74, 6) is 0.227. The molecule has 0 atom stereocenters. The Morgan fingerprint density at radius 2 is 1.72 bits per heavy atom. The van der Waals surface area contributed by atoms with Gasteiger partial charge in [-0.15, -0.1) is 12.4 Å². The predicted molar refractivity (Wildman–Crippen MR) is 76.2 cm³/mol. The van der Waals surface area contributed by atoms with Crippen molar-refractivity contribution < 1.29 is 4.79 Å². The molecule has 0 bridgehead atoms. The normalized spacial score (nSPS) is 16.0. The quantitative estimate of drug-likeness (QED) is 0.887. The monoisotopic (exact) mass is 268 g/mol. The molecule has 1 saturated heterocycles. The Hall–Kier alpha value is -1.06. The number of benzene rings is 1. The Labute approximate surface area is 115 Å². The lowest BCUT2D eigenvalue weighted by molar-refractivity contribution is -0.136. The molecular weight excluding hydrogens is 248 g/mol. The highest BCUT2D eigenvalue weighted by Crippen LogP contribution is 2.25. The van der Waals surface area contributed by atoms with Crippen LogP contribution in [0.4, 0.5) is 0 Å². The smallest absolute Gasteiger partial charge is 0.232 e. The molecule has 1 aliphatic heterocycles. The number of amides is 1. The summed E-state index contributed by atoms with van der Waals surface area (Å²) in [6, 6.07) is 10.0. The molecule has 1 aliphatic rings. The van der Waals surface area contributed by atoms with Crippen LogP contribution in [0.1, 0.15) is 19.4 Å². The Bertz CT molecular complexity index is 386. The van der Waals surface area contributed by atoms with Gasteiger partial charge in [-0.1, -0.05) is 30.3 Å². The van der Waals surface area contributed by atoms with E-state index in [0.717, 1.165) is 31.7 Å². The molecule has 1 aromatic rings. The molecule has 18 heavy (non-hydrogen) atoms. The number of piperazine rings is 1. The second kappa shape index (κ2) is 6.21. The molecule has 4 heteroatoms. The van der Waals surface area contributed by atoms with Gasteiger partial charge >= 0.3 is 0 Å². The van der Waals surface area contributed by atoms with Crippen molar-refractivity contribution in [2.24, 2.45) is 0 Å². The van der Waals surface area contributed by atoms with Gasteiger partial charge in [0.25, 0.3) is 0 Å². The molecule has 3 nitrogen and oxygen atoms in total. The van der Waals surface area contributed by atoms with E-state index in [-0.39, 0.29) is 18.3 Å². The third-order valence-electron chi connectivity index (χ3n) is 3.43. The lowest BCUT2D eigenvalue weighted by Gasteiger charge is -2.34. The molecule has 1 amide bonds. The van der Waals surface area contributed by atoms with Gasteiger partial charge in [-0.3, -0.25) is 4.79 Å². The Balaban J connectivity index is 0.00000162. The van der Waals surface area contributed by atoms with E-state index < -0.39 is 5.41 Å². The van der Waals surface area contributed by atoms with E-state index in [2.05, 4.69) is 5.32 Å². The summed E-state index contributed by atoms with van der Waals surface area (Å²) >= 11 is 0. The van der Waals surface area contributed by atoms with Crippen LogP contribution in [-0.4, -0.2) is 37.0 Å². The number of nitrogens with zero attached hydrogens (tertiary/aromatic N) is 1. The number of hydrogen-bond donors (Lipinski definition) is 1. The van der Waals surface area contributed by atoms with Crippen LogP contribution in [0, 0.1) is 0 Å². The molecule has 0 saturated carbocycles. The second-order valence-electron chi connectivity index (χ2n) is 5.03. The summed E-state index contributed by atoms with van der Waals surface area (Å²) in [7, 11) is 0. The highest BCUT2D eigenvalue weighted by molar-refractivity contribution is 5.87. The Kier molecular flexibility index (Phi) is 5.17. The standard InChI is InChI=1S/C14H20N2O.ClH/c1-14(2,12-6-4-3-5-7-12)13(17)16-10-8-15-9-11-16;/h3-7,15H,8-11H2,1-2H3;1H. The minimum Gasteiger partial charge on any atom is -0.339 e. The van der Waals surface area contributed by atoms with Crippen molar-refractivity contribution >= 4 is 18.3 Å². The van der Waals surface area contributed by atoms with Crippen molar-refractivity contribution in [1.82, 2.24) is 10.2 Å². The van der Waals surface area contributed by atoms with Crippen LogP contribution >= 0.6 is 12.4 Å². The minimum absolute atomic E-state index is 0. The summed E-state index contributed by atoms with van der Waals surface area (Å²) in [5, 5.41) is 3.27. The second-order valence-corrected chi connectivity index (χ2v) is 5.03. The first kappa shape index (κ1) is 15.0. The summed E-state index contributed by atoms with van der Waals surface area (Å²) < 4.78 is 0. The van der Waals surface area contributed by atoms with Gasteiger partial charge in [0, 0.05) is 26.2 Å². The average molecular weight is 269 g/mol. The Morgan fingerprint density at radius 3 is 2.28 bits per heavy atom. The first-order chi connectivity index (χ1) is 8.12. The van der Waals surface area contributed by atoms with Crippen LogP contribution in [0.15, 0.2) is 30.3 Å². The van der Waals surface area contributed by atoms with Crippen LogP contribution < -0.4 is 5.32 Å². The average Bonchev–Trinajstić information content (AvgIpc) is 2.40. The maximum atomic E-state index is 12.5. The molecule has 1 fully saturated rings. The third-order valence-corrected chi connectivity index (χ3v) is 3.43. The number of carbonyl (C=O) groups is 1. The fourth-order valence-corrected chi connectivity index (χ4v) is 2.24. The maximum absolute atomic E-state index is 12.5. The van der Waals surface area contributed by atoms with Gasteiger partial charge in [-0.05, 0) is 19.4 Å². The summed E-state index contributed by atoms with van der Waals surface area (Å²) in [6.07, 6.45) is 0. The number of halogens is 1. The summed E-state index contributed by atoms with van der Waals surface area (Å²) in [5.41, 5.74) is 0.655. The van der Waals surface area contributed by atoms with Crippen molar-refractivity contribution in [3.8, 4) is 0 Å². The molecule has 0 unspecified atom stereocenters. The van der Waals surface area contributed by atoms with Gasteiger partial charge in [0.1, 0.15) is 0 Å². The molecule has 100 valence electrons. The van der Waals surface area contributed by atoms with Crippen molar-refractivity contribution in [2.45, 2.75) is 19.3 Å². The lowest BCUT2D eigenvalue weighted by atomic mass is 9.83. The molecule has 0 aromatic heterocycles. The highest BCUT2D eigenvalue weighted by atomic mass is 35.5. The van der Waals surface area contributed by atoms with Gasteiger partial charge in [-0.25, -0.2) is 0 Å². The molecule has 0 spiro atoms. The van der Waals surface area contributed by atoms with Gasteiger partial charge in [0.05, 0.1) is 5.41 Å². The van der Waals surface area contributed by atoms with E-state index >= 15 is 0 Å². The third kappa shape index (κ3) is 3.03. The molecule has 1 N–H and O–H groups in total. The maximum Gasteiger partial charge on any atom is 0.232 e. The van der Waals surface area contributed by atoms with Crippen LogP contribution in [0.25, 0.3) is 0 Å². The molecule has 1 aromatic carbocycles. The zero-order valence-electron chi connectivity index (χ0n) is 11.0. The van der Waals surface area contributed by atoms with Gasteiger partial charge in [0.15, 0.2) is 0 Å². The fourth-order valence-electron chi connectivity index (χ4n) is 2.24. The zero-order valence-corrected chi connectivity index (χ0v) is 11.8. The molecule has 0 radical (unpaired) electrons. The van der Waals surface area contributed by atoms with Gasteiger partial charge < -0.3 is 10.2 Å². The largest absolute Gasteiger partial charge is 0.339 e. The molecule has 0 aliphatic carbocycles. The fraction of sp³-hybridized carbons (Fsp3) is 0.500. The van der Waals surface area contributed by atoms with Crippen molar-refractivity contribution in [1.29, 1.82) is 0 Å². The van der Waals surface area contributed by atoms with Crippen LogP contribution in [0.5, 0.6) is 0 Å². The summed E-state index contributed by atoms with van der Waals surface area (Å²) in [6.45, 7) is 7.44. The zero-order chi connectivity index (χ0) is 12.3. The SMILES string of the molecule is CC(C)(C(=O)N1CCNCC1)c1ccccc1.Cl. The van der Waals surface area contributed by atoms with Gasteiger partial charge in [0.2, 0.25) is 5.91 Å². The van der Waals surface area contributed by atoms with Crippen LogP contribution in [0.2, 0.25) is 0 Å². The van der Waals surface area contributed by atoms with E-state index in [4.69, 9.17) is 0 Å². The first-order valence-corrected chi connectivity index (χ1v) is 6.18. The van der Waals surface area contributed by atoms with Gasteiger partial charge in [-0.2, -0.15) is 0 Å². The van der Waals surface area contributed by atoms with E-state index in [1.54, 1.807) is 0 Å². The van der Waals surface area contributed by atoms with E-state index in [1.807, 2.05) is 49.1 Å². The van der Waals surface area contributed by atoms with Crippen molar-refractivity contribution in [3.05, 3.63) is 35.9 Å². The van der Waals surface area contributed by atoms with E-state index in [1.165, 1.54) is 0 Å². The topological polar surface area (TPSA) is 32.3 Å². The molecule has 2 rings (SSSR count). The van der Waals surface area contributed by atoms with Crippen LogP contribution in [0.3, 0.4) is 0 Å². The molecular formula is C14H21ClN2O. The highest BCUT2D eigenvalue weighted by Gasteiger charge is 2.33. The predicted octanol–water partition coefficient (Wildman–Crippen LogP) is 1.82. The summed E-state index contributed by atoms with van der Waals surface area (Å²) in [4.78, 5) is 14.5. The Morgan fingerprint density at radius 1 is 1.17 bits per heavy atom. The van der Waals surface area contributed by atoms with E-state index in [0.29, 0.717) is 0 Å². The number of hydrogen-bond acceptors (Lipinski definition) is 2. The number of carbonyl (C=O) groups excluding carboxylic acids is 1. The molecule has 1 heterocycles. The number of rotatable bonds is 2.